The first kappa shape index (κ1) is 16.7. The van der Waals surface area contributed by atoms with Gasteiger partial charge in [-0.15, -0.1) is 17.0 Å². The van der Waals surface area contributed by atoms with Crippen molar-refractivity contribution >= 4 is 40.2 Å². The van der Waals surface area contributed by atoms with Crippen molar-refractivity contribution in [2.24, 2.45) is 0 Å². The summed E-state index contributed by atoms with van der Waals surface area (Å²) in [5, 5.41) is 4.12. The normalized spacial score (nSPS) is 11.3. The Morgan fingerprint density at radius 2 is 0.818 bits per heavy atom. The summed E-state index contributed by atoms with van der Waals surface area (Å²) in [4.78, 5) is 0. The van der Waals surface area contributed by atoms with Gasteiger partial charge in [-0.05, 0) is 0 Å². The fraction of sp³-hybridized carbons (Fsp3) is 0. The van der Waals surface area contributed by atoms with Gasteiger partial charge in [-0.25, -0.2) is 0 Å². The van der Waals surface area contributed by atoms with Crippen LogP contribution in [0.3, 0.4) is 0 Å². The van der Waals surface area contributed by atoms with E-state index in [-0.39, 0.29) is 17.0 Å². The van der Waals surface area contributed by atoms with Crippen molar-refractivity contribution < 1.29 is 0 Å². The predicted molar refractivity (Wildman–Crippen MR) is 107 cm³/mol. The van der Waals surface area contributed by atoms with Crippen molar-refractivity contribution in [1.29, 1.82) is 0 Å². The zero-order valence-corrected chi connectivity index (χ0v) is 15.1. The van der Waals surface area contributed by atoms with E-state index in [1.54, 1.807) is 0 Å². The van der Waals surface area contributed by atoms with Gasteiger partial charge in [0.05, 0.1) is 0 Å². The number of rotatable bonds is 4. The first-order valence-electron chi connectivity index (χ1n) is 7.18. The molecule has 0 bridgehead atoms. The van der Waals surface area contributed by atoms with E-state index in [1.165, 1.54) is 15.9 Å². The van der Waals surface area contributed by atoms with E-state index >= 15 is 0 Å². The fourth-order valence-corrected chi connectivity index (χ4v) is 6.82. The van der Waals surface area contributed by atoms with Crippen LogP contribution < -0.4 is 15.9 Å². The van der Waals surface area contributed by atoms with E-state index in [4.69, 9.17) is 0 Å². The molecule has 0 N–H and O–H groups in total. The summed E-state index contributed by atoms with van der Waals surface area (Å²) in [6.45, 7) is 4.22. The predicted octanol–water partition coefficient (Wildman–Crippen LogP) is 4.43. The molecule has 0 unspecified atom stereocenters. The fourth-order valence-electron chi connectivity index (χ4n) is 2.96. The van der Waals surface area contributed by atoms with Gasteiger partial charge in [0.1, 0.15) is 0 Å². The molecule has 3 aromatic carbocycles. The van der Waals surface area contributed by atoms with Crippen molar-refractivity contribution in [2.45, 2.75) is 0 Å². The van der Waals surface area contributed by atoms with Gasteiger partial charge in [0, 0.05) is 0 Å². The Morgan fingerprint density at radius 1 is 0.545 bits per heavy atom. The van der Waals surface area contributed by atoms with Crippen molar-refractivity contribution in [2.75, 3.05) is 0 Å². The first-order chi connectivity index (χ1) is 10.4. The molecule has 3 rings (SSSR count). The maximum atomic E-state index is 4.22. The molecular formula is C20H20BrP. The van der Waals surface area contributed by atoms with E-state index in [0.717, 1.165) is 0 Å². The van der Waals surface area contributed by atoms with Crippen LogP contribution in [0.5, 0.6) is 0 Å². The molecule has 0 fully saturated rings. The van der Waals surface area contributed by atoms with Crippen LogP contribution in [0.15, 0.2) is 103 Å². The van der Waals surface area contributed by atoms with E-state index in [2.05, 4.69) is 103 Å². The summed E-state index contributed by atoms with van der Waals surface area (Å²) in [6.07, 6.45) is 0. The number of halogens is 1. The molecule has 0 heterocycles. The molecule has 0 aromatic heterocycles. The van der Waals surface area contributed by atoms with Crippen LogP contribution in [0, 0.1) is 0 Å². The van der Waals surface area contributed by atoms with Crippen molar-refractivity contribution in [1.82, 2.24) is 0 Å². The van der Waals surface area contributed by atoms with Gasteiger partial charge in [0.2, 0.25) is 0 Å². The topological polar surface area (TPSA) is 0 Å². The van der Waals surface area contributed by atoms with Crippen LogP contribution in [0.4, 0.5) is 0 Å². The Balaban J connectivity index is 0.00000176. The van der Waals surface area contributed by atoms with E-state index in [0.29, 0.717) is 0 Å². The van der Waals surface area contributed by atoms with Crippen molar-refractivity contribution in [3.05, 3.63) is 103 Å². The second-order valence-electron chi connectivity index (χ2n) is 5.11. The third kappa shape index (κ3) is 2.92. The minimum atomic E-state index is -2.13. The molecule has 2 heteroatoms. The second-order valence-corrected chi connectivity index (χ2v) is 8.87. The van der Waals surface area contributed by atoms with E-state index in [9.17, 15) is 0 Å². The Labute approximate surface area is 143 Å². The molecule has 22 heavy (non-hydrogen) atoms. The van der Waals surface area contributed by atoms with Crippen molar-refractivity contribution in [3.8, 4) is 0 Å². The van der Waals surface area contributed by atoms with Crippen LogP contribution in [-0.4, -0.2) is 0 Å². The van der Waals surface area contributed by atoms with E-state index < -0.39 is 7.26 Å². The number of benzene rings is 3. The molecule has 0 radical (unpaired) electrons. The number of hydrogen-bond donors (Lipinski definition) is 0. The van der Waals surface area contributed by atoms with Gasteiger partial charge in [-0.1, -0.05) is 0 Å². The van der Waals surface area contributed by atoms with Crippen LogP contribution >= 0.6 is 24.2 Å². The Kier molecular flexibility index (Phi) is 5.71. The summed E-state index contributed by atoms with van der Waals surface area (Å²) >= 11 is 0. The van der Waals surface area contributed by atoms with Gasteiger partial charge < -0.3 is 0 Å². The van der Waals surface area contributed by atoms with Gasteiger partial charge in [0.25, 0.3) is 0 Å². The monoisotopic (exact) mass is 370 g/mol. The summed E-state index contributed by atoms with van der Waals surface area (Å²) in [7, 11) is -2.13. The molecule has 0 saturated carbocycles. The Bertz CT molecular complexity index is 612. The average Bonchev–Trinajstić information content (AvgIpc) is 2.59. The molecule has 0 atom stereocenters. The summed E-state index contributed by atoms with van der Waals surface area (Å²) in [5.41, 5.74) is 0. The molecule has 0 aliphatic heterocycles. The molecule has 0 aliphatic rings. The van der Waals surface area contributed by atoms with Crippen LogP contribution in [0.2, 0.25) is 0 Å². The summed E-state index contributed by atoms with van der Waals surface area (Å²) < 4.78 is 0. The molecule has 112 valence electrons. The summed E-state index contributed by atoms with van der Waals surface area (Å²) in [6, 6.07) is 32.3. The minimum absolute atomic E-state index is 0. The van der Waals surface area contributed by atoms with Crippen LogP contribution in [0.1, 0.15) is 0 Å². The first-order valence-corrected chi connectivity index (χ1v) is 9.26. The molecule has 0 spiro atoms. The number of hydrogen-bond acceptors (Lipinski definition) is 0. The molecule has 0 aliphatic carbocycles. The van der Waals surface area contributed by atoms with E-state index in [1.807, 2.05) is 0 Å². The Morgan fingerprint density at radius 3 is 1.05 bits per heavy atom. The van der Waals surface area contributed by atoms with Gasteiger partial charge in [0.15, 0.2) is 0 Å². The van der Waals surface area contributed by atoms with Gasteiger partial charge in [-0.3, -0.25) is 0 Å². The maximum absolute atomic E-state index is 4.22. The molecule has 0 saturated heterocycles. The third-order valence-electron chi connectivity index (χ3n) is 3.99. The standard InChI is InChI=1S/C20H19P.BrH/c1-2-21(18-12-6-3-7-13-18,19-14-8-4-9-15-19)20-16-10-5-11-17-20;/h2-17,21H,1H2;1H. The van der Waals surface area contributed by atoms with Gasteiger partial charge >= 0.3 is 127 Å². The van der Waals surface area contributed by atoms with Crippen LogP contribution in [0.25, 0.3) is 0 Å². The summed E-state index contributed by atoms with van der Waals surface area (Å²) in [5.74, 6) is 2.19. The quantitative estimate of drug-likeness (QED) is 0.595. The third-order valence-corrected chi connectivity index (χ3v) is 8.34. The molecule has 3 aromatic rings. The zero-order chi connectivity index (χ0) is 14.5. The Hall–Kier alpha value is -1.69. The SMILES string of the molecule is Br.C=C[PH](c1ccccc1)(c1ccccc1)c1ccccc1. The zero-order valence-electron chi connectivity index (χ0n) is 12.4. The van der Waals surface area contributed by atoms with Crippen molar-refractivity contribution in [3.63, 3.8) is 0 Å². The second kappa shape index (κ2) is 7.54. The van der Waals surface area contributed by atoms with Gasteiger partial charge in [-0.2, -0.15) is 0 Å². The molecular weight excluding hydrogens is 351 g/mol. The molecule has 0 nitrogen and oxygen atoms in total. The average molecular weight is 371 g/mol. The molecule has 0 amide bonds. The van der Waals surface area contributed by atoms with Crippen LogP contribution in [-0.2, 0) is 0 Å².